The van der Waals surface area contributed by atoms with Gasteiger partial charge in [0.1, 0.15) is 0 Å². The summed E-state index contributed by atoms with van der Waals surface area (Å²) in [4.78, 5) is 21.1. The van der Waals surface area contributed by atoms with E-state index in [-0.39, 0.29) is 12.5 Å². The summed E-state index contributed by atoms with van der Waals surface area (Å²) in [6.45, 7) is 4.90. The lowest BCUT2D eigenvalue weighted by Gasteiger charge is -2.21. The number of aromatic nitrogens is 1. The van der Waals surface area contributed by atoms with Crippen LogP contribution in [-0.4, -0.2) is 53.7 Å². The van der Waals surface area contributed by atoms with Crippen molar-refractivity contribution in [2.24, 2.45) is 5.92 Å². The molecular formula is C16H21N3O2S. The van der Waals surface area contributed by atoms with Crippen LogP contribution in [0, 0.1) is 5.92 Å². The topological polar surface area (TPSA) is 56.7 Å². The average molecular weight is 319 g/mol. The minimum Gasteiger partial charge on any atom is -0.396 e. The Labute approximate surface area is 134 Å². The molecule has 0 spiro atoms. The first-order valence-electron chi connectivity index (χ1n) is 7.70. The summed E-state index contributed by atoms with van der Waals surface area (Å²) in [5, 5.41) is 9.97. The number of hydrogen-bond donors (Lipinski definition) is 1. The Hall–Kier alpha value is -1.50. The fraction of sp³-hybridized carbons (Fsp3) is 0.500. The van der Waals surface area contributed by atoms with Crippen molar-refractivity contribution in [1.82, 2.24) is 9.88 Å². The van der Waals surface area contributed by atoms with E-state index in [1.165, 1.54) is 0 Å². The van der Waals surface area contributed by atoms with E-state index in [1.54, 1.807) is 16.2 Å². The number of aliphatic hydroxyl groups excluding tert-OH is 1. The van der Waals surface area contributed by atoms with Crippen LogP contribution in [0.15, 0.2) is 24.3 Å². The van der Waals surface area contributed by atoms with Crippen LogP contribution in [0.4, 0.5) is 5.13 Å². The number of carbonyl (C=O) groups is 1. The second-order valence-electron chi connectivity index (χ2n) is 5.67. The van der Waals surface area contributed by atoms with Crippen molar-refractivity contribution in [3.8, 4) is 0 Å². The first kappa shape index (κ1) is 15.4. The minimum atomic E-state index is 0.0835. The number of benzene rings is 1. The van der Waals surface area contributed by atoms with Gasteiger partial charge in [-0.25, -0.2) is 4.98 Å². The summed E-state index contributed by atoms with van der Waals surface area (Å²) in [6.07, 6.45) is 0.969. The van der Waals surface area contributed by atoms with Gasteiger partial charge in [0.15, 0.2) is 5.13 Å². The Morgan fingerprint density at radius 3 is 3.00 bits per heavy atom. The Morgan fingerprint density at radius 1 is 1.50 bits per heavy atom. The molecule has 3 rings (SSSR count). The fourth-order valence-corrected chi connectivity index (χ4v) is 3.92. The van der Waals surface area contributed by atoms with Gasteiger partial charge < -0.3 is 5.11 Å². The molecule has 0 aliphatic carbocycles. The first-order chi connectivity index (χ1) is 10.7. The lowest BCUT2D eigenvalue weighted by atomic mass is 10.1. The highest BCUT2D eigenvalue weighted by Gasteiger charge is 2.26. The maximum atomic E-state index is 12.6. The average Bonchev–Trinajstić information content (AvgIpc) is 3.14. The normalized spacial score (nSPS) is 18.9. The molecule has 1 aliphatic heterocycles. The van der Waals surface area contributed by atoms with Crippen molar-refractivity contribution in [1.29, 1.82) is 0 Å². The van der Waals surface area contributed by atoms with Gasteiger partial charge in [-0.2, -0.15) is 0 Å². The second kappa shape index (κ2) is 6.73. The second-order valence-corrected chi connectivity index (χ2v) is 6.68. The molecule has 1 fully saturated rings. The van der Waals surface area contributed by atoms with Crippen LogP contribution in [0.1, 0.15) is 13.3 Å². The maximum Gasteiger partial charge on any atom is 0.242 e. The van der Waals surface area contributed by atoms with Crippen LogP contribution in [0.3, 0.4) is 0 Å². The third-order valence-electron chi connectivity index (χ3n) is 4.12. The lowest BCUT2D eigenvalue weighted by Crippen LogP contribution is -2.39. The van der Waals surface area contributed by atoms with Gasteiger partial charge in [0.05, 0.1) is 16.8 Å². The van der Waals surface area contributed by atoms with E-state index >= 15 is 0 Å². The predicted octanol–water partition coefficient (Wildman–Crippen LogP) is 1.96. The highest BCUT2D eigenvalue weighted by atomic mass is 32.1. The van der Waals surface area contributed by atoms with Gasteiger partial charge in [-0.1, -0.05) is 23.5 Å². The van der Waals surface area contributed by atoms with Crippen LogP contribution in [0.25, 0.3) is 10.2 Å². The summed E-state index contributed by atoms with van der Waals surface area (Å²) in [5.74, 6) is 0.394. The van der Waals surface area contributed by atoms with Gasteiger partial charge in [-0.3, -0.25) is 14.6 Å². The molecule has 1 unspecified atom stereocenters. The van der Waals surface area contributed by atoms with Gasteiger partial charge in [0, 0.05) is 19.7 Å². The van der Waals surface area contributed by atoms with Crippen LogP contribution in [0.2, 0.25) is 0 Å². The molecule has 1 atom stereocenters. The third kappa shape index (κ3) is 3.14. The molecule has 0 radical (unpaired) electrons. The van der Waals surface area contributed by atoms with Crippen molar-refractivity contribution >= 4 is 32.6 Å². The molecule has 118 valence electrons. The van der Waals surface area contributed by atoms with E-state index in [1.807, 2.05) is 31.2 Å². The van der Waals surface area contributed by atoms with E-state index in [9.17, 15) is 9.90 Å². The number of hydrogen-bond acceptors (Lipinski definition) is 5. The quantitative estimate of drug-likeness (QED) is 0.915. The number of carbonyl (C=O) groups excluding carboxylic acids is 1. The molecule has 0 bridgehead atoms. The van der Waals surface area contributed by atoms with E-state index in [4.69, 9.17) is 0 Å². The van der Waals surface area contributed by atoms with E-state index < -0.39 is 0 Å². The molecule has 1 aliphatic rings. The maximum absolute atomic E-state index is 12.6. The predicted molar refractivity (Wildman–Crippen MR) is 89.3 cm³/mol. The number of likely N-dealkylation sites (tertiary alicyclic amines) is 1. The lowest BCUT2D eigenvalue weighted by molar-refractivity contribution is -0.119. The number of amides is 1. The van der Waals surface area contributed by atoms with E-state index in [2.05, 4.69) is 9.88 Å². The molecule has 22 heavy (non-hydrogen) atoms. The number of likely N-dealkylation sites (N-methyl/N-ethyl adjacent to an activating group) is 1. The van der Waals surface area contributed by atoms with Crippen molar-refractivity contribution in [3.05, 3.63) is 24.3 Å². The highest BCUT2D eigenvalue weighted by Crippen LogP contribution is 2.28. The number of thiazole rings is 1. The Bertz CT molecular complexity index is 625. The number of nitrogens with zero attached hydrogens (tertiary/aromatic N) is 3. The Morgan fingerprint density at radius 2 is 2.32 bits per heavy atom. The number of anilines is 1. The van der Waals surface area contributed by atoms with Gasteiger partial charge in [0.25, 0.3) is 0 Å². The van der Waals surface area contributed by atoms with E-state index in [0.29, 0.717) is 19.0 Å². The standard InChI is InChI=1S/C16H21N3O2S/c1-2-19(15(21)10-18-8-7-12(9-18)11-20)16-17-13-5-3-4-6-14(13)22-16/h3-6,12,20H,2,7-11H2,1H3. The zero-order valence-corrected chi connectivity index (χ0v) is 13.6. The number of fused-ring (bicyclic) bond motifs is 1. The molecule has 1 N–H and O–H groups in total. The molecule has 2 aromatic rings. The molecule has 1 aromatic carbocycles. The van der Waals surface area contributed by atoms with Crippen LogP contribution in [-0.2, 0) is 4.79 Å². The molecule has 5 nitrogen and oxygen atoms in total. The molecule has 1 saturated heterocycles. The first-order valence-corrected chi connectivity index (χ1v) is 8.52. The minimum absolute atomic E-state index is 0.0835. The zero-order chi connectivity index (χ0) is 15.5. The molecule has 6 heteroatoms. The van der Waals surface area contributed by atoms with Crippen molar-refractivity contribution in [2.45, 2.75) is 13.3 Å². The summed E-state index contributed by atoms with van der Waals surface area (Å²) >= 11 is 1.56. The molecular weight excluding hydrogens is 298 g/mol. The summed E-state index contributed by atoms with van der Waals surface area (Å²) < 4.78 is 1.10. The van der Waals surface area contributed by atoms with Crippen molar-refractivity contribution < 1.29 is 9.90 Å². The largest absolute Gasteiger partial charge is 0.396 e. The monoisotopic (exact) mass is 319 g/mol. The summed E-state index contributed by atoms with van der Waals surface area (Å²) in [5.41, 5.74) is 0.940. The third-order valence-corrected chi connectivity index (χ3v) is 5.18. The smallest absolute Gasteiger partial charge is 0.242 e. The van der Waals surface area contributed by atoms with Gasteiger partial charge in [-0.05, 0) is 37.9 Å². The number of aliphatic hydroxyl groups is 1. The molecule has 1 amide bonds. The van der Waals surface area contributed by atoms with Crippen molar-refractivity contribution in [3.63, 3.8) is 0 Å². The number of rotatable bonds is 5. The molecule has 2 heterocycles. The van der Waals surface area contributed by atoms with Gasteiger partial charge >= 0.3 is 0 Å². The molecule has 1 aromatic heterocycles. The number of para-hydroxylation sites is 1. The Balaban J connectivity index is 1.71. The van der Waals surface area contributed by atoms with Crippen molar-refractivity contribution in [2.75, 3.05) is 37.7 Å². The van der Waals surface area contributed by atoms with Gasteiger partial charge in [-0.15, -0.1) is 0 Å². The Kier molecular flexibility index (Phi) is 4.71. The van der Waals surface area contributed by atoms with Gasteiger partial charge in [0.2, 0.25) is 5.91 Å². The molecule has 0 saturated carbocycles. The van der Waals surface area contributed by atoms with E-state index in [0.717, 1.165) is 34.9 Å². The SMILES string of the molecule is CCN(C(=O)CN1CCC(CO)C1)c1nc2ccccc2s1. The van der Waals surface area contributed by atoms with Crippen LogP contribution < -0.4 is 4.90 Å². The van der Waals surface area contributed by atoms with Crippen LogP contribution >= 0.6 is 11.3 Å². The summed E-state index contributed by atoms with van der Waals surface area (Å²) in [7, 11) is 0. The summed E-state index contributed by atoms with van der Waals surface area (Å²) in [6, 6.07) is 7.95. The van der Waals surface area contributed by atoms with Crippen LogP contribution in [0.5, 0.6) is 0 Å². The highest BCUT2D eigenvalue weighted by molar-refractivity contribution is 7.22. The fourth-order valence-electron chi connectivity index (χ4n) is 2.88. The zero-order valence-electron chi connectivity index (χ0n) is 12.7.